The van der Waals surface area contributed by atoms with Crippen LogP contribution in [0.3, 0.4) is 0 Å². The van der Waals surface area contributed by atoms with Crippen molar-refractivity contribution in [2.45, 2.75) is 6.92 Å². The lowest BCUT2D eigenvalue weighted by atomic mass is 10.1. The molecule has 0 aliphatic carbocycles. The number of tetrazole rings is 1. The molecular formula is C17H12ClN5O2. The van der Waals surface area contributed by atoms with E-state index >= 15 is 0 Å². The third-order valence-electron chi connectivity index (χ3n) is 3.82. The molecule has 124 valence electrons. The van der Waals surface area contributed by atoms with Crippen LogP contribution in [0.15, 0.2) is 53.2 Å². The lowest BCUT2D eigenvalue weighted by Crippen LogP contribution is -2.12. The van der Waals surface area contributed by atoms with Crippen LogP contribution in [-0.4, -0.2) is 26.1 Å². The maximum atomic E-state index is 12.6. The molecule has 25 heavy (non-hydrogen) atoms. The molecule has 0 bridgehead atoms. The van der Waals surface area contributed by atoms with E-state index in [1.54, 1.807) is 36.4 Å². The van der Waals surface area contributed by atoms with Gasteiger partial charge < -0.3 is 9.73 Å². The minimum atomic E-state index is -0.335. The minimum Gasteiger partial charge on any atom is -0.451 e. The second-order valence-electron chi connectivity index (χ2n) is 5.46. The first-order valence-corrected chi connectivity index (χ1v) is 7.83. The Morgan fingerprint density at radius 2 is 2.12 bits per heavy atom. The molecule has 7 nitrogen and oxygen atoms in total. The molecule has 2 aromatic carbocycles. The highest BCUT2D eigenvalue weighted by molar-refractivity contribution is 6.31. The van der Waals surface area contributed by atoms with E-state index in [0.717, 1.165) is 16.6 Å². The Morgan fingerprint density at radius 1 is 1.24 bits per heavy atom. The number of carbonyl (C=O) groups is 1. The summed E-state index contributed by atoms with van der Waals surface area (Å²) in [6.07, 6.45) is 1.48. The topological polar surface area (TPSA) is 85.8 Å². The van der Waals surface area contributed by atoms with E-state index in [9.17, 15) is 4.79 Å². The van der Waals surface area contributed by atoms with Crippen LogP contribution in [0.25, 0.3) is 16.7 Å². The number of anilines is 1. The van der Waals surface area contributed by atoms with Crippen LogP contribution >= 0.6 is 11.6 Å². The van der Waals surface area contributed by atoms with Gasteiger partial charge in [-0.15, -0.1) is 5.10 Å². The van der Waals surface area contributed by atoms with Crippen molar-refractivity contribution in [2.24, 2.45) is 0 Å². The molecule has 0 fully saturated rings. The van der Waals surface area contributed by atoms with Gasteiger partial charge in [0.05, 0.1) is 5.69 Å². The molecule has 4 aromatic rings. The molecule has 0 spiro atoms. The lowest BCUT2D eigenvalue weighted by Gasteiger charge is -2.06. The predicted molar refractivity (Wildman–Crippen MR) is 93.1 cm³/mol. The van der Waals surface area contributed by atoms with Crippen molar-refractivity contribution in [3.05, 3.63) is 65.1 Å². The zero-order valence-electron chi connectivity index (χ0n) is 13.1. The summed E-state index contributed by atoms with van der Waals surface area (Å²) < 4.78 is 7.19. The van der Waals surface area contributed by atoms with Crippen LogP contribution < -0.4 is 5.32 Å². The number of benzene rings is 2. The van der Waals surface area contributed by atoms with Crippen molar-refractivity contribution in [1.82, 2.24) is 20.2 Å². The van der Waals surface area contributed by atoms with Crippen LogP contribution in [0.4, 0.5) is 5.69 Å². The Morgan fingerprint density at radius 3 is 2.92 bits per heavy atom. The Kier molecular flexibility index (Phi) is 3.70. The molecule has 2 aromatic heterocycles. The first-order chi connectivity index (χ1) is 12.1. The van der Waals surface area contributed by atoms with E-state index in [-0.39, 0.29) is 11.7 Å². The van der Waals surface area contributed by atoms with E-state index in [1.807, 2.05) is 13.0 Å². The van der Waals surface area contributed by atoms with Gasteiger partial charge in [-0.2, -0.15) is 0 Å². The molecule has 0 unspecified atom stereocenters. The summed E-state index contributed by atoms with van der Waals surface area (Å²) >= 11 is 6.01. The highest BCUT2D eigenvalue weighted by Gasteiger charge is 2.18. The summed E-state index contributed by atoms with van der Waals surface area (Å²) in [7, 11) is 0. The molecule has 0 atom stereocenters. The number of fused-ring (bicyclic) bond motifs is 1. The smallest absolute Gasteiger partial charge is 0.291 e. The average Bonchev–Trinajstić information content (AvgIpc) is 3.24. The number of nitrogens with zero attached hydrogens (tertiary/aromatic N) is 4. The fourth-order valence-electron chi connectivity index (χ4n) is 2.60. The van der Waals surface area contributed by atoms with Crippen molar-refractivity contribution in [1.29, 1.82) is 0 Å². The van der Waals surface area contributed by atoms with E-state index in [0.29, 0.717) is 16.3 Å². The van der Waals surface area contributed by atoms with Crippen molar-refractivity contribution in [2.75, 3.05) is 5.32 Å². The minimum absolute atomic E-state index is 0.255. The van der Waals surface area contributed by atoms with Gasteiger partial charge in [0.1, 0.15) is 11.9 Å². The summed E-state index contributed by atoms with van der Waals surface area (Å²) in [5, 5.41) is 15.3. The molecule has 0 saturated heterocycles. The van der Waals surface area contributed by atoms with E-state index < -0.39 is 0 Å². The number of rotatable bonds is 3. The van der Waals surface area contributed by atoms with E-state index in [2.05, 4.69) is 20.8 Å². The molecule has 0 radical (unpaired) electrons. The fraction of sp³-hybridized carbons (Fsp3) is 0.0588. The summed E-state index contributed by atoms with van der Waals surface area (Å²) in [5.41, 5.74) is 2.70. The second kappa shape index (κ2) is 6.03. The third kappa shape index (κ3) is 2.85. The van der Waals surface area contributed by atoms with Crippen LogP contribution in [0.2, 0.25) is 5.02 Å². The number of furan rings is 1. The number of halogens is 1. The van der Waals surface area contributed by atoms with Gasteiger partial charge in [-0.1, -0.05) is 17.7 Å². The molecule has 4 rings (SSSR count). The standard InChI is InChI=1S/C17H12ClN5O2/c1-10-14-7-11(18)5-6-15(14)25-16(10)17(24)20-12-3-2-4-13(8-12)23-9-19-21-22-23/h2-9H,1H3,(H,20,24). The maximum Gasteiger partial charge on any atom is 0.291 e. The van der Waals surface area contributed by atoms with Gasteiger partial charge >= 0.3 is 0 Å². The summed E-state index contributed by atoms with van der Waals surface area (Å²) in [4.78, 5) is 12.6. The van der Waals surface area contributed by atoms with Crippen molar-refractivity contribution < 1.29 is 9.21 Å². The van der Waals surface area contributed by atoms with Crippen LogP contribution in [-0.2, 0) is 0 Å². The molecule has 2 heterocycles. The maximum absolute atomic E-state index is 12.6. The highest BCUT2D eigenvalue weighted by atomic mass is 35.5. The molecule has 0 aliphatic rings. The lowest BCUT2D eigenvalue weighted by molar-refractivity contribution is 0.0998. The van der Waals surface area contributed by atoms with Crippen LogP contribution in [0, 0.1) is 6.92 Å². The van der Waals surface area contributed by atoms with E-state index in [1.165, 1.54) is 11.0 Å². The second-order valence-corrected chi connectivity index (χ2v) is 5.89. The third-order valence-corrected chi connectivity index (χ3v) is 4.06. The quantitative estimate of drug-likeness (QED) is 0.608. The normalized spacial score (nSPS) is 11.0. The monoisotopic (exact) mass is 353 g/mol. The first-order valence-electron chi connectivity index (χ1n) is 7.45. The fourth-order valence-corrected chi connectivity index (χ4v) is 2.78. The summed E-state index contributed by atoms with van der Waals surface area (Å²) in [6, 6.07) is 12.4. The van der Waals surface area contributed by atoms with Gasteiger partial charge in [0, 0.05) is 21.7 Å². The predicted octanol–water partition coefficient (Wildman–Crippen LogP) is 3.62. The molecular weight excluding hydrogens is 342 g/mol. The van der Waals surface area contributed by atoms with Gasteiger partial charge in [0.25, 0.3) is 5.91 Å². The van der Waals surface area contributed by atoms with Gasteiger partial charge in [0.15, 0.2) is 5.76 Å². The van der Waals surface area contributed by atoms with Crippen molar-refractivity contribution >= 4 is 34.2 Å². The number of hydrogen-bond acceptors (Lipinski definition) is 5. The SMILES string of the molecule is Cc1c(C(=O)Nc2cccc(-n3cnnn3)c2)oc2ccc(Cl)cc12. The van der Waals surface area contributed by atoms with Gasteiger partial charge in [0.2, 0.25) is 0 Å². The number of carbonyl (C=O) groups excluding carboxylic acids is 1. The van der Waals surface area contributed by atoms with Gasteiger partial charge in [-0.25, -0.2) is 4.68 Å². The van der Waals surface area contributed by atoms with Crippen LogP contribution in [0.1, 0.15) is 16.1 Å². The first kappa shape index (κ1) is 15.3. The zero-order chi connectivity index (χ0) is 17.4. The largest absolute Gasteiger partial charge is 0.451 e. The molecule has 0 saturated carbocycles. The van der Waals surface area contributed by atoms with Crippen molar-refractivity contribution in [3.63, 3.8) is 0 Å². The zero-order valence-corrected chi connectivity index (χ0v) is 13.9. The number of amides is 1. The van der Waals surface area contributed by atoms with Gasteiger partial charge in [-0.05, 0) is 53.7 Å². The average molecular weight is 354 g/mol. The Labute approximate surface area is 147 Å². The molecule has 8 heteroatoms. The van der Waals surface area contributed by atoms with Crippen LogP contribution in [0.5, 0.6) is 0 Å². The van der Waals surface area contributed by atoms with Crippen molar-refractivity contribution in [3.8, 4) is 5.69 Å². The Balaban J connectivity index is 1.64. The number of aromatic nitrogens is 4. The summed E-state index contributed by atoms with van der Waals surface area (Å²) in [5.74, 6) is -0.0798. The van der Waals surface area contributed by atoms with E-state index in [4.69, 9.17) is 16.0 Å². The molecule has 1 N–H and O–H groups in total. The highest BCUT2D eigenvalue weighted by Crippen LogP contribution is 2.28. The number of aryl methyl sites for hydroxylation is 1. The number of hydrogen-bond donors (Lipinski definition) is 1. The summed E-state index contributed by atoms with van der Waals surface area (Å²) in [6.45, 7) is 1.83. The molecule has 0 aliphatic heterocycles. The Bertz CT molecular complexity index is 1070. The molecule has 1 amide bonds. The number of nitrogens with one attached hydrogen (secondary N) is 1. The Hall–Kier alpha value is -3.19. The van der Waals surface area contributed by atoms with Gasteiger partial charge in [-0.3, -0.25) is 4.79 Å².